The highest BCUT2D eigenvalue weighted by atomic mass is 32.2. The lowest BCUT2D eigenvalue weighted by atomic mass is 10.1. The second-order valence-corrected chi connectivity index (χ2v) is 8.06. The molecule has 0 unspecified atom stereocenters. The number of hydrogen-bond acceptors (Lipinski definition) is 5. The van der Waals surface area contributed by atoms with Crippen molar-refractivity contribution in [2.24, 2.45) is 4.40 Å². The molecule has 3 aromatic rings. The Morgan fingerprint density at radius 2 is 1.71 bits per heavy atom. The van der Waals surface area contributed by atoms with E-state index in [-0.39, 0.29) is 12.4 Å². The van der Waals surface area contributed by atoms with Crippen LogP contribution in [0, 0.1) is 6.92 Å². The summed E-state index contributed by atoms with van der Waals surface area (Å²) in [6.07, 6.45) is 1.50. The Balaban J connectivity index is 1.68. The highest BCUT2D eigenvalue weighted by Crippen LogP contribution is 2.26. The third-order valence-corrected chi connectivity index (χ3v) is 5.69. The van der Waals surface area contributed by atoms with Gasteiger partial charge in [0.05, 0.1) is 17.8 Å². The van der Waals surface area contributed by atoms with Gasteiger partial charge in [0.15, 0.2) is 0 Å². The molecule has 28 heavy (non-hydrogen) atoms. The van der Waals surface area contributed by atoms with Crippen LogP contribution in [0.3, 0.4) is 0 Å². The van der Waals surface area contributed by atoms with Crippen LogP contribution in [-0.2, 0) is 16.8 Å². The molecule has 0 amide bonds. The molecule has 2 aromatic carbocycles. The van der Waals surface area contributed by atoms with Gasteiger partial charge in [-0.1, -0.05) is 65.3 Å². The zero-order chi connectivity index (χ0) is 19.7. The first-order chi connectivity index (χ1) is 13.4. The second kappa shape index (κ2) is 7.05. The Kier molecular flexibility index (Phi) is 4.56. The average Bonchev–Trinajstić information content (AvgIpc) is 3.16. The van der Waals surface area contributed by atoms with Gasteiger partial charge in [0.2, 0.25) is 5.82 Å². The van der Waals surface area contributed by atoms with Crippen molar-refractivity contribution < 1.29 is 12.9 Å². The fourth-order valence-electron chi connectivity index (χ4n) is 2.83. The Morgan fingerprint density at radius 1 is 1.00 bits per heavy atom. The summed E-state index contributed by atoms with van der Waals surface area (Å²) < 4.78 is 35.4. The normalized spacial score (nSPS) is 15.9. The Bertz CT molecular complexity index is 1160. The molecule has 0 N–H and O–H groups in total. The SMILES string of the molecule is CC1=NS(=O)(=O)N(Cc2ccc(C)cc2)C=C1c1nc(-c2ccccc2)no1. The molecule has 2 heterocycles. The lowest BCUT2D eigenvalue weighted by Crippen LogP contribution is -2.28. The topological polar surface area (TPSA) is 88.7 Å². The van der Waals surface area contributed by atoms with E-state index in [1.807, 2.05) is 61.5 Å². The Hall–Kier alpha value is -3.26. The number of aromatic nitrogens is 2. The van der Waals surface area contributed by atoms with Crippen molar-refractivity contribution in [1.82, 2.24) is 14.4 Å². The molecule has 0 aliphatic carbocycles. The average molecular weight is 394 g/mol. The molecule has 1 aliphatic heterocycles. The summed E-state index contributed by atoms with van der Waals surface area (Å²) in [7, 11) is -3.81. The van der Waals surface area contributed by atoms with Crippen molar-refractivity contribution in [2.45, 2.75) is 20.4 Å². The summed E-state index contributed by atoms with van der Waals surface area (Å²) in [5.74, 6) is 0.659. The monoisotopic (exact) mass is 394 g/mol. The zero-order valence-corrected chi connectivity index (χ0v) is 16.2. The standard InChI is InChI=1S/C20H18N4O3S/c1-14-8-10-16(11-9-14)12-24-13-18(15(2)23-28(24,25)26)20-21-19(22-27-20)17-6-4-3-5-7-17/h3-11,13H,12H2,1-2H3. The zero-order valence-electron chi connectivity index (χ0n) is 15.4. The number of benzene rings is 2. The minimum Gasteiger partial charge on any atom is -0.333 e. The minimum absolute atomic E-state index is 0.169. The third-order valence-electron chi connectivity index (χ3n) is 4.36. The molecule has 142 valence electrons. The van der Waals surface area contributed by atoms with Gasteiger partial charge in [0, 0.05) is 11.8 Å². The molecular weight excluding hydrogens is 376 g/mol. The first kappa shape index (κ1) is 18.1. The van der Waals surface area contributed by atoms with Crippen LogP contribution in [0.5, 0.6) is 0 Å². The summed E-state index contributed by atoms with van der Waals surface area (Å²) >= 11 is 0. The highest BCUT2D eigenvalue weighted by Gasteiger charge is 2.28. The smallest absolute Gasteiger partial charge is 0.333 e. The lowest BCUT2D eigenvalue weighted by Gasteiger charge is -2.23. The fraction of sp³-hybridized carbons (Fsp3) is 0.150. The molecule has 1 aromatic heterocycles. The summed E-state index contributed by atoms with van der Waals surface area (Å²) in [6.45, 7) is 3.76. The molecule has 4 rings (SSSR count). The molecule has 0 saturated heterocycles. The van der Waals surface area contributed by atoms with Gasteiger partial charge in [-0.15, -0.1) is 4.40 Å². The fourth-order valence-corrected chi connectivity index (χ4v) is 3.93. The molecule has 8 heteroatoms. The number of hydrogen-bond donors (Lipinski definition) is 0. The quantitative estimate of drug-likeness (QED) is 0.674. The Labute approximate surface area is 163 Å². The molecule has 7 nitrogen and oxygen atoms in total. The maximum Gasteiger partial charge on any atom is 0.344 e. The summed E-state index contributed by atoms with van der Waals surface area (Å²) in [5, 5.41) is 4.00. The largest absolute Gasteiger partial charge is 0.344 e. The van der Waals surface area contributed by atoms with Crippen molar-refractivity contribution >= 4 is 21.5 Å². The molecule has 1 aliphatic rings. The molecule has 0 radical (unpaired) electrons. The molecule has 0 atom stereocenters. The van der Waals surface area contributed by atoms with Gasteiger partial charge in [-0.2, -0.15) is 13.4 Å². The summed E-state index contributed by atoms with van der Waals surface area (Å²) in [6, 6.07) is 17.1. The second-order valence-electron chi connectivity index (χ2n) is 6.52. The minimum atomic E-state index is -3.81. The van der Waals surface area contributed by atoms with E-state index in [1.54, 1.807) is 6.92 Å². The van der Waals surface area contributed by atoms with Gasteiger partial charge < -0.3 is 4.52 Å². The van der Waals surface area contributed by atoms with Crippen LogP contribution in [0.1, 0.15) is 23.9 Å². The van der Waals surface area contributed by atoms with E-state index in [0.29, 0.717) is 17.1 Å². The summed E-state index contributed by atoms with van der Waals surface area (Å²) in [4.78, 5) is 4.41. The third kappa shape index (κ3) is 3.59. The summed E-state index contributed by atoms with van der Waals surface area (Å²) in [5.41, 5.74) is 3.57. The van der Waals surface area contributed by atoms with Crippen LogP contribution in [0.2, 0.25) is 0 Å². The predicted molar refractivity (Wildman–Crippen MR) is 106 cm³/mol. The maximum atomic E-state index is 12.5. The van der Waals surface area contributed by atoms with Crippen molar-refractivity contribution in [1.29, 1.82) is 0 Å². The van der Waals surface area contributed by atoms with Crippen LogP contribution in [0.15, 0.2) is 69.7 Å². The molecule has 0 fully saturated rings. The lowest BCUT2D eigenvalue weighted by molar-refractivity contribution is 0.408. The van der Waals surface area contributed by atoms with E-state index in [1.165, 1.54) is 10.5 Å². The highest BCUT2D eigenvalue weighted by molar-refractivity contribution is 7.88. The van der Waals surface area contributed by atoms with Crippen LogP contribution in [0.4, 0.5) is 0 Å². The molecule has 0 bridgehead atoms. The van der Waals surface area contributed by atoms with E-state index >= 15 is 0 Å². The van der Waals surface area contributed by atoms with E-state index in [0.717, 1.165) is 16.7 Å². The van der Waals surface area contributed by atoms with Gasteiger partial charge in [-0.3, -0.25) is 4.31 Å². The predicted octanol–water partition coefficient (Wildman–Crippen LogP) is 3.61. The van der Waals surface area contributed by atoms with Crippen LogP contribution in [0.25, 0.3) is 17.0 Å². The first-order valence-electron chi connectivity index (χ1n) is 8.68. The van der Waals surface area contributed by atoms with Gasteiger partial charge >= 0.3 is 10.2 Å². The van der Waals surface area contributed by atoms with E-state index in [4.69, 9.17) is 4.52 Å². The van der Waals surface area contributed by atoms with Crippen molar-refractivity contribution in [3.8, 4) is 11.4 Å². The molecule has 0 spiro atoms. The number of rotatable bonds is 4. The van der Waals surface area contributed by atoms with E-state index in [9.17, 15) is 8.42 Å². The van der Waals surface area contributed by atoms with Crippen molar-refractivity contribution in [3.63, 3.8) is 0 Å². The van der Waals surface area contributed by atoms with Gasteiger partial charge in [0.25, 0.3) is 5.89 Å². The van der Waals surface area contributed by atoms with Gasteiger partial charge in [-0.05, 0) is 19.4 Å². The number of aryl methyl sites for hydroxylation is 1. The maximum absolute atomic E-state index is 12.5. The van der Waals surface area contributed by atoms with Crippen molar-refractivity contribution in [3.05, 3.63) is 77.8 Å². The van der Waals surface area contributed by atoms with Crippen LogP contribution >= 0.6 is 0 Å². The van der Waals surface area contributed by atoms with Crippen LogP contribution < -0.4 is 0 Å². The number of nitrogens with zero attached hydrogens (tertiary/aromatic N) is 4. The molecular formula is C20H18N4O3S. The van der Waals surface area contributed by atoms with Crippen molar-refractivity contribution in [2.75, 3.05) is 0 Å². The van der Waals surface area contributed by atoms with Crippen LogP contribution in [-0.4, -0.2) is 28.6 Å². The molecule has 0 saturated carbocycles. The number of allylic oxidation sites excluding steroid dienone is 1. The van der Waals surface area contributed by atoms with E-state index in [2.05, 4.69) is 14.5 Å². The first-order valence-corrected chi connectivity index (χ1v) is 10.1. The van der Waals surface area contributed by atoms with Gasteiger partial charge in [-0.25, -0.2) is 0 Å². The van der Waals surface area contributed by atoms with E-state index < -0.39 is 10.2 Å². The van der Waals surface area contributed by atoms with Gasteiger partial charge in [0.1, 0.15) is 0 Å². The Morgan fingerprint density at radius 3 is 2.43 bits per heavy atom.